The highest BCUT2D eigenvalue weighted by Crippen LogP contribution is 2.25. The largest absolute Gasteiger partial charge is 0.444 e. The highest BCUT2D eigenvalue weighted by molar-refractivity contribution is 5.93. The van der Waals surface area contributed by atoms with Gasteiger partial charge in [-0.15, -0.1) is 0 Å². The predicted octanol–water partition coefficient (Wildman–Crippen LogP) is 5.54. The molecule has 2 amide bonds. The van der Waals surface area contributed by atoms with Gasteiger partial charge in [0.2, 0.25) is 5.91 Å². The summed E-state index contributed by atoms with van der Waals surface area (Å²) in [5, 5.41) is 0. The van der Waals surface area contributed by atoms with Crippen molar-refractivity contribution in [2.75, 3.05) is 6.54 Å². The number of carbonyl (C=O) groups excluding carboxylic acids is 2. The zero-order valence-corrected chi connectivity index (χ0v) is 19.0. The fraction of sp³-hybridized carbons (Fsp3) is 0.440. The van der Waals surface area contributed by atoms with E-state index in [1.807, 2.05) is 64.1 Å². The van der Waals surface area contributed by atoms with Gasteiger partial charge in [0, 0.05) is 18.7 Å². The molecule has 2 aromatic rings. The molecule has 0 unspecified atom stereocenters. The third-order valence-electron chi connectivity index (χ3n) is 4.78. The van der Waals surface area contributed by atoms with E-state index in [1.165, 1.54) is 0 Å². The maximum atomic E-state index is 12.7. The van der Waals surface area contributed by atoms with Gasteiger partial charge in [-0.05, 0) is 74.4 Å². The first-order valence-corrected chi connectivity index (χ1v) is 10.4. The fourth-order valence-corrected chi connectivity index (χ4v) is 3.13. The Hall–Kier alpha value is -2.82. The molecule has 2 aromatic carbocycles. The molecule has 0 bridgehead atoms. The topological polar surface area (TPSA) is 72.6 Å². The van der Waals surface area contributed by atoms with Crippen LogP contribution in [0, 0.1) is 12.8 Å². The van der Waals surface area contributed by atoms with Crippen LogP contribution in [0.3, 0.4) is 0 Å². The van der Waals surface area contributed by atoms with E-state index < -0.39 is 11.5 Å². The minimum atomic E-state index is -0.522. The molecule has 0 heterocycles. The molecule has 2 N–H and O–H groups in total. The summed E-state index contributed by atoms with van der Waals surface area (Å²) in [5.41, 5.74) is 9.48. The van der Waals surface area contributed by atoms with E-state index in [0.717, 1.165) is 28.7 Å². The highest BCUT2D eigenvalue weighted by atomic mass is 16.6. The number of benzene rings is 2. The number of nitrogens with two attached hydrogens (primary N) is 1. The number of ether oxygens (including phenoxy) is 1. The Kier molecular flexibility index (Phi) is 7.65. The van der Waals surface area contributed by atoms with E-state index in [-0.39, 0.29) is 6.09 Å². The molecule has 0 aliphatic carbocycles. The second kappa shape index (κ2) is 9.79. The molecule has 0 atom stereocenters. The average molecular weight is 411 g/mol. The fourth-order valence-electron chi connectivity index (χ4n) is 3.13. The van der Waals surface area contributed by atoms with Crippen molar-refractivity contribution in [1.82, 2.24) is 4.90 Å². The number of rotatable bonds is 7. The monoisotopic (exact) mass is 410 g/mol. The normalized spacial score (nSPS) is 11.4. The lowest BCUT2D eigenvalue weighted by Gasteiger charge is -2.28. The van der Waals surface area contributed by atoms with Gasteiger partial charge in [0.15, 0.2) is 0 Å². The zero-order chi connectivity index (χ0) is 22.5. The maximum absolute atomic E-state index is 12.7. The van der Waals surface area contributed by atoms with E-state index in [0.29, 0.717) is 24.6 Å². The summed E-state index contributed by atoms with van der Waals surface area (Å²) >= 11 is 0. The summed E-state index contributed by atoms with van der Waals surface area (Å²) in [7, 11) is 0. The van der Waals surface area contributed by atoms with Gasteiger partial charge in [-0.25, -0.2) is 4.79 Å². The van der Waals surface area contributed by atoms with Gasteiger partial charge < -0.3 is 15.4 Å². The number of nitrogens with zero attached hydrogens (tertiary/aromatic N) is 1. The van der Waals surface area contributed by atoms with Gasteiger partial charge in [0.1, 0.15) is 5.60 Å². The molecule has 0 saturated heterocycles. The molecule has 5 heteroatoms. The van der Waals surface area contributed by atoms with E-state index in [1.54, 1.807) is 11.0 Å². The van der Waals surface area contributed by atoms with Gasteiger partial charge >= 0.3 is 6.09 Å². The number of primary amides is 1. The molecule has 2 rings (SSSR count). The van der Waals surface area contributed by atoms with Crippen LogP contribution in [0.25, 0.3) is 11.1 Å². The average Bonchev–Trinajstić information content (AvgIpc) is 2.64. The van der Waals surface area contributed by atoms with Crippen LogP contribution in [-0.2, 0) is 11.3 Å². The molecular formula is C25H34N2O3. The summed E-state index contributed by atoms with van der Waals surface area (Å²) in [4.78, 5) is 25.8. The van der Waals surface area contributed by atoms with Crippen LogP contribution >= 0.6 is 0 Å². The summed E-state index contributed by atoms with van der Waals surface area (Å²) in [6, 6.07) is 13.6. The minimum Gasteiger partial charge on any atom is -0.444 e. The van der Waals surface area contributed by atoms with Crippen molar-refractivity contribution in [3.63, 3.8) is 0 Å². The van der Waals surface area contributed by atoms with Crippen LogP contribution < -0.4 is 5.73 Å². The quantitative estimate of drug-likeness (QED) is 0.651. The highest BCUT2D eigenvalue weighted by Gasteiger charge is 2.22. The van der Waals surface area contributed by atoms with E-state index in [9.17, 15) is 9.59 Å². The van der Waals surface area contributed by atoms with Gasteiger partial charge in [-0.3, -0.25) is 4.79 Å². The third kappa shape index (κ3) is 6.90. The molecule has 5 nitrogen and oxygen atoms in total. The molecule has 30 heavy (non-hydrogen) atoms. The zero-order valence-electron chi connectivity index (χ0n) is 19.0. The van der Waals surface area contributed by atoms with Gasteiger partial charge in [0.25, 0.3) is 0 Å². The number of carbonyl (C=O) groups is 2. The third-order valence-corrected chi connectivity index (χ3v) is 4.78. The molecule has 0 radical (unpaired) electrons. The molecule has 0 fully saturated rings. The van der Waals surface area contributed by atoms with Gasteiger partial charge in [-0.2, -0.15) is 0 Å². The van der Waals surface area contributed by atoms with E-state index >= 15 is 0 Å². The van der Waals surface area contributed by atoms with Crippen molar-refractivity contribution in [1.29, 1.82) is 0 Å². The first-order chi connectivity index (χ1) is 14.0. The van der Waals surface area contributed by atoms with E-state index in [4.69, 9.17) is 10.5 Å². The Bertz CT molecular complexity index is 880. The Balaban J connectivity index is 2.18. The molecule has 0 aromatic heterocycles. The predicted molar refractivity (Wildman–Crippen MR) is 121 cm³/mol. The molecule has 0 saturated carbocycles. The first kappa shape index (κ1) is 23.5. The smallest absolute Gasteiger partial charge is 0.410 e. The Morgan fingerprint density at radius 3 is 2.20 bits per heavy atom. The lowest BCUT2D eigenvalue weighted by molar-refractivity contribution is 0.0225. The lowest BCUT2D eigenvalue weighted by atomic mass is 9.97. The number of hydrogen-bond acceptors (Lipinski definition) is 3. The van der Waals surface area contributed by atoms with E-state index in [2.05, 4.69) is 13.8 Å². The van der Waals surface area contributed by atoms with Crippen molar-refractivity contribution in [3.05, 3.63) is 59.2 Å². The Morgan fingerprint density at radius 2 is 1.70 bits per heavy atom. The SMILES string of the molecule is Cc1cc(C(N)=O)ccc1-c1ccc(CN(CCC(C)C)C(=O)OC(C)(C)C)cc1. The van der Waals surface area contributed by atoms with Crippen molar-refractivity contribution in [3.8, 4) is 11.1 Å². The Morgan fingerprint density at radius 1 is 1.07 bits per heavy atom. The molecule has 162 valence electrons. The number of amides is 2. The van der Waals surface area contributed by atoms with Crippen LogP contribution in [-0.4, -0.2) is 29.0 Å². The van der Waals surface area contributed by atoms with Crippen molar-refractivity contribution in [2.45, 2.75) is 60.1 Å². The number of aryl methyl sites for hydroxylation is 1. The summed E-state index contributed by atoms with van der Waals surface area (Å²) in [6.45, 7) is 13.1. The lowest BCUT2D eigenvalue weighted by Crippen LogP contribution is -2.37. The number of hydrogen-bond donors (Lipinski definition) is 1. The first-order valence-electron chi connectivity index (χ1n) is 10.4. The van der Waals surface area contributed by atoms with Crippen molar-refractivity contribution < 1.29 is 14.3 Å². The van der Waals surface area contributed by atoms with Gasteiger partial charge in [-0.1, -0.05) is 44.2 Å². The Labute approximate surface area is 180 Å². The minimum absolute atomic E-state index is 0.287. The van der Waals surface area contributed by atoms with Crippen molar-refractivity contribution >= 4 is 12.0 Å². The van der Waals surface area contributed by atoms with Crippen molar-refractivity contribution in [2.24, 2.45) is 11.7 Å². The molecule has 0 aliphatic rings. The maximum Gasteiger partial charge on any atom is 0.410 e. The van der Waals surface area contributed by atoms with Gasteiger partial charge in [0.05, 0.1) is 0 Å². The second-order valence-electron chi connectivity index (χ2n) is 9.18. The summed E-state index contributed by atoms with van der Waals surface area (Å²) in [5.74, 6) is 0.0762. The summed E-state index contributed by atoms with van der Waals surface area (Å²) < 4.78 is 5.59. The van der Waals surface area contributed by atoms with Crippen LogP contribution in [0.2, 0.25) is 0 Å². The van der Waals surface area contributed by atoms with Crippen LogP contribution in [0.5, 0.6) is 0 Å². The van der Waals surface area contributed by atoms with Crippen LogP contribution in [0.15, 0.2) is 42.5 Å². The van der Waals surface area contributed by atoms with Crippen LogP contribution in [0.4, 0.5) is 4.79 Å². The second-order valence-corrected chi connectivity index (χ2v) is 9.18. The molecule has 0 aliphatic heterocycles. The molecular weight excluding hydrogens is 376 g/mol. The summed E-state index contributed by atoms with van der Waals surface area (Å²) in [6.07, 6.45) is 0.632. The standard InChI is InChI=1S/C25H34N2O3/c1-17(2)13-14-27(24(29)30-25(4,5)6)16-19-7-9-20(10-8-19)22-12-11-21(23(26)28)15-18(22)3/h7-12,15,17H,13-14,16H2,1-6H3,(H2,26,28). The van der Waals surface area contributed by atoms with Crippen LogP contribution in [0.1, 0.15) is 62.5 Å². The molecule has 0 spiro atoms.